The van der Waals surface area contributed by atoms with Crippen molar-refractivity contribution in [2.45, 2.75) is 38.3 Å². The van der Waals surface area contributed by atoms with Crippen molar-refractivity contribution in [1.82, 2.24) is 15.5 Å². The van der Waals surface area contributed by atoms with E-state index in [1.54, 1.807) is 0 Å². The van der Waals surface area contributed by atoms with Gasteiger partial charge < -0.3 is 9.84 Å². The largest absolute Gasteiger partial charge is 0.338 e. The molecule has 1 aliphatic heterocycles. The number of benzene rings is 1. The lowest BCUT2D eigenvalue weighted by atomic mass is 9.96. The molecule has 4 nitrogen and oxygen atoms in total. The minimum absolute atomic E-state index is 0.162. The zero-order valence-corrected chi connectivity index (χ0v) is 10.8. The number of hydrogen-bond acceptors (Lipinski definition) is 4. The first-order chi connectivity index (χ1) is 9.38. The zero-order chi connectivity index (χ0) is 12.7. The van der Waals surface area contributed by atoms with E-state index < -0.39 is 0 Å². The van der Waals surface area contributed by atoms with Crippen LogP contribution in [0.4, 0.5) is 0 Å². The molecule has 0 saturated heterocycles. The first-order valence-electron chi connectivity index (χ1n) is 7.01. The Morgan fingerprint density at radius 2 is 2.05 bits per heavy atom. The van der Waals surface area contributed by atoms with Crippen LogP contribution >= 0.6 is 0 Å². The van der Waals surface area contributed by atoms with Gasteiger partial charge in [0.05, 0.1) is 6.04 Å². The van der Waals surface area contributed by atoms with Crippen molar-refractivity contribution >= 4 is 0 Å². The highest BCUT2D eigenvalue weighted by molar-refractivity contribution is 5.30. The Bertz CT molecular complexity index is 589. The van der Waals surface area contributed by atoms with Crippen LogP contribution in [0, 0.1) is 5.92 Å². The fourth-order valence-electron chi connectivity index (χ4n) is 2.70. The van der Waals surface area contributed by atoms with E-state index in [9.17, 15) is 0 Å². The lowest BCUT2D eigenvalue weighted by Crippen LogP contribution is -2.28. The first-order valence-corrected chi connectivity index (χ1v) is 7.01. The molecule has 2 aliphatic rings. The molecule has 19 heavy (non-hydrogen) atoms. The minimum Gasteiger partial charge on any atom is -0.338 e. The summed E-state index contributed by atoms with van der Waals surface area (Å²) in [7, 11) is 0. The van der Waals surface area contributed by atoms with Crippen LogP contribution < -0.4 is 5.32 Å². The predicted molar refractivity (Wildman–Crippen MR) is 70.5 cm³/mol. The van der Waals surface area contributed by atoms with Crippen LogP contribution in [0.1, 0.15) is 41.7 Å². The summed E-state index contributed by atoms with van der Waals surface area (Å²) in [4.78, 5) is 4.55. The Balaban J connectivity index is 1.52. The van der Waals surface area contributed by atoms with Gasteiger partial charge in [0, 0.05) is 13.0 Å². The molecule has 1 fully saturated rings. The van der Waals surface area contributed by atoms with Crippen molar-refractivity contribution in [2.75, 3.05) is 0 Å². The second-order valence-corrected chi connectivity index (χ2v) is 5.60. The fourth-order valence-corrected chi connectivity index (χ4v) is 2.70. The van der Waals surface area contributed by atoms with Gasteiger partial charge in [-0.2, -0.15) is 4.98 Å². The number of aromatic nitrogens is 2. The molecule has 2 aromatic rings. The molecule has 4 rings (SSSR count). The molecule has 1 atom stereocenters. The van der Waals surface area contributed by atoms with Gasteiger partial charge in [-0.1, -0.05) is 29.4 Å². The number of nitrogens with zero attached hydrogens (tertiary/aromatic N) is 2. The maximum absolute atomic E-state index is 5.42. The summed E-state index contributed by atoms with van der Waals surface area (Å²) < 4.78 is 5.42. The fraction of sp³-hybridized carbons (Fsp3) is 0.467. The molecule has 1 aromatic carbocycles. The molecule has 4 heteroatoms. The van der Waals surface area contributed by atoms with Crippen molar-refractivity contribution in [3.8, 4) is 0 Å². The maximum atomic E-state index is 5.42. The monoisotopic (exact) mass is 255 g/mol. The van der Waals surface area contributed by atoms with Crippen LogP contribution in [0.3, 0.4) is 0 Å². The predicted octanol–water partition coefficient (Wildman–Crippen LogP) is 2.41. The SMILES string of the molecule is c1ccc2c(c1)CN[C@H](c1nc(CC3CC3)no1)C2. The van der Waals surface area contributed by atoms with E-state index in [4.69, 9.17) is 4.52 Å². The Kier molecular flexibility index (Phi) is 2.62. The van der Waals surface area contributed by atoms with Gasteiger partial charge in [0.25, 0.3) is 0 Å². The van der Waals surface area contributed by atoms with Crippen molar-refractivity contribution in [2.24, 2.45) is 5.92 Å². The minimum atomic E-state index is 0.162. The molecule has 0 radical (unpaired) electrons. The Hall–Kier alpha value is -1.68. The van der Waals surface area contributed by atoms with Gasteiger partial charge >= 0.3 is 0 Å². The zero-order valence-electron chi connectivity index (χ0n) is 10.8. The first kappa shape index (κ1) is 11.2. The molecule has 0 spiro atoms. The number of rotatable bonds is 3. The highest BCUT2D eigenvalue weighted by atomic mass is 16.5. The summed E-state index contributed by atoms with van der Waals surface area (Å²) >= 11 is 0. The average Bonchev–Trinajstić information content (AvgIpc) is 3.14. The third kappa shape index (κ3) is 2.28. The van der Waals surface area contributed by atoms with Crippen molar-refractivity contribution in [3.63, 3.8) is 0 Å². The molecule has 1 aromatic heterocycles. The van der Waals surface area contributed by atoms with Gasteiger partial charge in [0.2, 0.25) is 5.89 Å². The van der Waals surface area contributed by atoms with E-state index in [0.717, 1.165) is 37.0 Å². The standard InChI is InChI=1S/C15H17N3O/c1-2-4-12-9-16-13(8-11(12)3-1)15-17-14(18-19-15)7-10-5-6-10/h1-4,10,13,16H,5-9H2/t13-/m0/s1. The molecule has 2 heterocycles. The normalized spacial score (nSPS) is 22.2. The molecular weight excluding hydrogens is 238 g/mol. The van der Waals surface area contributed by atoms with Gasteiger partial charge in [-0.3, -0.25) is 0 Å². The van der Waals surface area contributed by atoms with Crippen LogP contribution in [0.25, 0.3) is 0 Å². The smallest absolute Gasteiger partial charge is 0.244 e. The molecule has 0 unspecified atom stereocenters. The topological polar surface area (TPSA) is 51.0 Å². The number of hydrogen-bond donors (Lipinski definition) is 1. The Labute approximate surface area is 112 Å². The maximum Gasteiger partial charge on any atom is 0.244 e. The van der Waals surface area contributed by atoms with E-state index in [1.165, 1.54) is 24.0 Å². The summed E-state index contributed by atoms with van der Waals surface area (Å²) in [6.07, 6.45) is 4.55. The average molecular weight is 255 g/mol. The van der Waals surface area contributed by atoms with E-state index in [2.05, 4.69) is 39.7 Å². The summed E-state index contributed by atoms with van der Waals surface area (Å²) in [6.45, 7) is 0.876. The van der Waals surface area contributed by atoms with E-state index in [0.29, 0.717) is 0 Å². The third-order valence-corrected chi connectivity index (χ3v) is 4.03. The summed E-state index contributed by atoms with van der Waals surface area (Å²) in [5.74, 6) is 2.41. The van der Waals surface area contributed by atoms with Crippen molar-refractivity contribution < 1.29 is 4.52 Å². The molecule has 0 amide bonds. The van der Waals surface area contributed by atoms with Gasteiger partial charge in [0.15, 0.2) is 5.82 Å². The van der Waals surface area contributed by atoms with Crippen LogP contribution in [-0.2, 0) is 19.4 Å². The number of nitrogens with one attached hydrogen (secondary N) is 1. The van der Waals surface area contributed by atoms with Crippen LogP contribution in [0.15, 0.2) is 28.8 Å². The summed E-state index contributed by atoms with van der Waals surface area (Å²) in [5.41, 5.74) is 2.75. The summed E-state index contributed by atoms with van der Waals surface area (Å²) in [5, 5.41) is 7.58. The van der Waals surface area contributed by atoms with Crippen molar-refractivity contribution in [3.05, 3.63) is 47.1 Å². The third-order valence-electron chi connectivity index (χ3n) is 4.03. The molecule has 0 bridgehead atoms. The van der Waals surface area contributed by atoms with Crippen LogP contribution in [0.5, 0.6) is 0 Å². The van der Waals surface area contributed by atoms with Crippen LogP contribution in [0.2, 0.25) is 0 Å². The Morgan fingerprint density at radius 3 is 2.89 bits per heavy atom. The molecular formula is C15H17N3O. The van der Waals surface area contributed by atoms with E-state index >= 15 is 0 Å². The quantitative estimate of drug-likeness (QED) is 0.915. The molecule has 1 N–H and O–H groups in total. The lowest BCUT2D eigenvalue weighted by molar-refractivity contribution is 0.318. The Morgan fingerprint density at radius 1 is 1.21 bits per heavy atom. The highest BCUT2D eigenvalue weighted by Crippen LogP contribution is 2.32. The van der Waals surface area contributed by atoms with Gasteiger partial charge in [-0.25, -0.2) is 0 Å². The van der Waals surface area contributed by atoms with E-state index in [-0.39, 0.29) is 6.04 Å². The molecule has 98 valence electrons. The highest BCUT2D eigenvalue weighted by Gasteiger charge is 2.27. The van der Waals surface area contributed by atoms with E-state index in [1.807, 2.05) is 0 Å². The second kappa shape index (κ2) is 4.46. The van der Waals surface area contributed by atoms with Crippen molar-refractivity contribution in [1.29, 1.82) is 0 Å². The van der Waals surface area contributed by atoms with Crippen LogP contribution in [-0.4, -0.2) is 10.1 Å². The van der Waals surface area contributed by atoms with Gasteiger partial charge in [-0.15, -0.1) is 0 Å². The summed E-state index contributed by atoms with van der Waals surface area (Å²) in [6, 6.07) is 8.69. The van der Waals surface area contributed by atoms with Gasteiger partial charge in [-0.05, 0) is 36.3 Å². The molecule has 1 aliphatic carbocycles. The second-order valence-electron chi connectivity index (χ2n) is 5.60. The molecule has 1 saturated carbocycles. The van der Waals surface area contributed by atoms with Gasteiger partial charge in [0.1, 0.15) is 0 Å². The number of fused-ring (bicyclic) bond motifs is 1. The lowest BCUT2D eigenvalue weighted by Gasteiger charge is -2.23.